The van der Waals surface area contributed by atoms with Crippen LogP contribution in [0.25, 0.3) is 0 Å². The molecule has 0 fully saturated rings. The minimum atomic E-state index is -3.86. The van der Waals surface area contributed by atoms with E-state index in [9.17, 15) is 18.3 Å². The fourth-order valence-electron chi connectivity index (χ4n) is 5.29. The van der Waals surface area contributed by atoms with Crippen molar-refractivity contribution < 1.29 is 27.8 Å². The molecule has 1 aliphatic heterocycles. The van der Waals surface area contributed by atoms with E-state index in [1.807, 2.05) is 68.6 Å². The second kappa shape index (κ2) is 14.2. The largest absolute Gasteiger partial charge is 0.488 e. The molecule has 0 bridgehead atoms. The second-order valence-corrected chi connectivity index (χ2v) is 13.2. The lowest BCUT2D eigenvalue weighted by Crippen LogP contribution is -2.49. The number of ether oxygens (including phenoxy) is 2. The van der Waals surface area contributed by atoms with Gasteiger partial charge in [-0.15, -0.1) is 0 Å². The van der Waals surface area contributed by atoms with Crippen LogP contribution in [0.4, 0.5) is 5.69 Å². The molecule has 9 nitrogen and oxygen atoms in total. The molecule has 0 unspecified atom stereocenters. The zero-order chi connectivity index (χ0) is 32.0. The van der Waals surface area contributed by atoms with Gasteiger partial charge in [0.25, 0.3) is 15.9 Å². The molecule has 4 aromatic rings. The molecule has 0 spiro atoms. The highest BCUT2D eigenvalue weighted by Gasteiger charge is 2.33. The molecule has 0 aliphatic carbocycles. The third kappa shape index (κ3) is 8.02. The third-order valence-electron chi connectivity index (χ3n) is 7.82. The Morgan fingerprint density at radius 2 is 1.62 bits per heavy atom. The molecule has 4 aromatic carbocycles. The fraction of sp³-hybridized carbons (Fsp3) is 0.286. The average molecular weight is 630 g/mol. The maximum Gasteiger partial charge on any atom is 0.261 e. The second-order valence-electron chi connectivity index (χ2n) is 11.5. The van der Waals surface area contributed by atoms with Crippen LogP contribution in [-0.2, 0) is 16.6 Å². The van der Waals surface area contributed by atoms with Gasteiger partial charge in [-0.2, -0.15) is 0 Å². The van der Waals surface area contributed by atoms with Crippen molar-refractivity contribution in [1.82, 2.24) is 9.80 Å². The van der Waals surface area contributed by atoms with Crippen LogP contribution in [0.15, 0.2) is 108 Å². The number of nitrogens with one attached hydrogen (secondary N) is 1. The Bertz CT molecular complexity index is 1680. The van der Waals surface area contributed by atoms with Crippen LogP contribution in [-0.4, -0.2) is 68.1 Å². The molecular formula is C35H39N3O6S. The first-order valence-corrected chi connectivity index (χ1v) is 16.4. The number of rotatable bonds is 11. The first-order valence-electron chi connectivity index (χ1n) is 14.9. The molecule has 0 radical (unpaired) electrons. The monoisotopic (exact) mass is 629 g/mol. The van der Waals surface area contributed by atoms with Crippen LogP contribution in [0.5, 0.6) is 17.2 Å². The highest BCUT2D eigenvalue weighted by atomic mass is 32.2. The van der Waals surface area contributed by atoms with Gasteiger partial charge in [-0.05, 0) is 74.1 Å². The molecule has 1 aliphatic rings. The number of amides is 1. The lowest BCUT2D eigenvalue weighted by Gasteiger charge is -2.38. The van der Waals surface area contributed by atoms with Gasteiger partial charge in [0.05, 0.1) is 23.1 Å². The molecule has 1 amide bonds. The molecule has 0 saturated carbocycles. The number of hydrogen-bond acceptors (Lipinski definition) is 7. The Morgan fingerprint density at radius 1 is 0.978 bits per heavy atom. The lowest BCUT2D eigenvalue weighted by molar-refractivity contribution is 0.0341. The number of fused-ring (bicyclic) bond motifs is 1. The number of carbonyl (C=O) groups excluding carboxylic acids is 1. The minimum absolute atomic E-state index is 0.0588. The predicted molar refractivity (Wildman–Crippen MR) is 174 cm³/mol. The molecule has 0 aromatic heterocycles. The zero-order valence-corrected chi connectivity index (χ0v) is 26.5. The summed E-state index contributed by atoms with van der Waals surface area (Å²) in [5, 5.41) is 9.98. The molecule has 3 atom stereocenters. The van der Waals surface area contributed by atoms with Gasteiger partial charge in [-0.3, -0.25) is 14.4 Å². The number of hydrogen-bond donors (Lipinski definition) is 2. The fourth-order valence-corrected chi connectivity index (χ4v) is 6.36. The zero-order valence-electron chi connectivity index (χ0n) is 25.7. The summed E-state index contributed by atoms with van der Waals surface area (Å²) in [6, 6.07) is 29.9. The smallest absolute Gasteiger partial charge is 0.261 e. The van der Waals surface area contributed by atoms with Crippen molar-refractivity contribution in [3.05, 3.63) is 114 Å². The number of aliphatic hydroxyl groups excluding tert-OH is 1. The van der Waals surface area contributed by atoms with Gasteiger partial charge >= 0.3 is 0 Å². The van der Waals surface area contributed by atoms with Gasteiger partial charge in [-0.25, -0.2) is 8.42 Å². The number of para-hydroxylation sites is 1. The Hall–Kier alpha value is -4.38. The highest BCUT2D eigenvalue weighted by molar-refractivity contribution is 7.92. The van der Waals surface area contributed by atoms with Crippen molar-refractivity contribution in [3.8, 4) is 17.2 Å². The van der Waals surface area contributed by atoms with E-state index in [1.165, 1.54) is 18.2 Å². The van der Waals surface area contributed by atoms with Gasteiger partial charge in [0.1, 0.15) is 23.4 Å². The quantitative estimate of drug-likeness (QED) is 0.221. The normalized spacial score (nSPS) is 17.5. The van der Waals surface area contributed by atoms with Gasteiger partial charge in [0.2, 0.25) is 0 Å². The van der Waals surface area contributed by atoms with Crippen LogP contribution < -0.4 is 14.2 Å². The number of aliphatic hydroxyl groups is 1. The summed E-state index contributed by atoms with van der Waals surface area (Å²) >= 11 is 0. The van der Waals surface area contributed by atoms with E-state index in [1.54, 1.807) is 42.2 Å². The minimum Gasteiger partial charge on any atom is -0.488 e. The Balaban J connectivity index is 1.33. The van der Waals surface area contributed by atoms with Crippen molar-refractivity contribution in [2.24, 2.45) is 5.92 Å². The van der Waals surface area contributed by atoms with Crippen LogP contribution in [0.2, 0.25) is 0 Å². The van der Waals surface area contributed by atoms with Gasteiger partial charge in [0.15, 0.2) is 0 Å². The summed E-state index contributed by atoms with van der Waals surface area (Å²) in [7, 11) is -1.84. The maximum atomic E-state index is 13.8. The predicted octanol–water partition coefficient (Wildman–Crippen LogP) is 5.63. The van der Waals surface area contributed by atoms with E-state index in [2.05, 4.69) is 9.62 Å². The van der Waals surface area contributed by atoms with E-state index in [0.717, 1.165) is 17.1 Å². The molecule has 10 heteroatoms. The van der Waals surface area contributed by atoms with Crippen molar-refractivity contribution in [2.45, 2.75) is 37.4 Å². The first kappa shape index (κ1) is 32.0. The van der Waals surface area contributed by atoms with E-state index >= 15 is 0 Å². The molecule has 236 valence electrons. The molecular weight excluding hydrogens is 590 g/mol. The Kier molecular flexibility index (Phi) is 10.1. The molecule has 1 heterocycles. The molecule has 5 rings (SSSR count). The van der Waals surface area contributed by atoms with Gasteiger partial charge < -0.3 is 19.5 Å². The van der Waals surface area contributed by atoms with E-state index in [0.29, 0.717) is 25.4 Å². The summed E-state index contributed by atoms with van der Waals surface area (Å²) in [5.74, 6) is 1.52. The summed E-state index contributed by atoms with van der Waals surface area (Å²) in [6.45, 7) is 5.22. The molecule has 0 saturated heterocycles. The lowest BCUT2D eigenvalue weighted by atomic mass is 9.99. The Labute approximate surface area is 265 Å². The third-order valence-corrected chi connectivity index (χ3v) is 9.21. The van der Waals surface area contributed by atoms with Crippen molar-refractivity contribution in [2.75, 3.05) is 31.5 Å². The molecule has 45 heavy (non-hydrogen) atoms. The number of anilines is 1. The first-order chi connectivity index (χ1) is 21.6. The SMILES string of the molecule is C[C@H]1CN([C@@H](C)CO)C(=O)c2cc(NS(=O)(=O)c3ccccc3)ccc2O[C@@H]1CN(C)Cc1ccc(Oc2ccccc2)cc1. The summed E-state index contributed by atoms with van der Waals surface area (Å²) < 4.78 is 40.9. The van der Waals surface area contributed by atoms with Gasteiger partial charge in [-0.1, -0.05) is 55.5 Å². The summed E-state index contributed by atoms with van der Waals surface area (Å²) in [6.07, 6.45) is -0.289. The van der Waals surface area contributed by atoms with Gasteiger partial charge in [0, 0.05) is 31.2 Å². The van der Waals surface area contributed by atoms with Crippen LogP contribution >= 0.6 is 0 Å². The maximum absolute atomic E-state index is 13.8. The van der Waals surface area contributed by atoms with E-state index in [-0.39, 0.29) is 40.7 Å². The van der Waals surface area contributed by atoms with Crippen molar-refractivity contribution >= 4 is 21.6 Å². The average Bonchev–Trinajstić information content (AvgIpc) is 3.04. The highest BCUT2D eigenvalue weighted by Crippen LogP contribution is 2.32. The number of nitrogens with zero attached hydrogens (tertiary/aromatic N) is 2. The van der Waals surface area contributed by atoms with Crippen molar-refractivity contribution in [1.29, 1.82) is 0 Å². The van der Waals surface area contributed by atoms with Crippen molar-refractivity contribution in [3.63, 3.8) is 0 Å². The summed E-state index contributed by atoms with van der Waals surface area (Å²) in [5.41, 5.74) is 1.59. The van der Waals surface area contributed by atoms with Crippen LogP contribution in [0, 0.1) is 5.92 Å². The number of benzene rings is 4. The van der Waals surface area contributed by atoms with Crippen LogP contribution in [0.3, 0.4) is 0 Å². The standard InChI is InChI=1S/C35H39N3O6S/c1-25-21-38(26(2)24-39)35(40)32-20-28(36-45(41,42)31-12-8-5-9-13-31)16-19-33(32)44-34(25)23-37(3)22-27-14-17-30(18-15-27)43-29-10-6-4-7-11-29/h4-20,25-26,34,36,39H,21-24H2,1-3H3/t25-,26-,34+/m0/s1. The Morgan fingerprint density at radius 3 is 2.29 bits per heavy atom. The molecule has 2 N–H and O–H groups in total. The summed E-state index contributed by atoms with van der Waals surface area (Å²) in [4.78, 5) is 17.7. The van der Waals surface area contributed by atoms with Crippen LogP contribution in [0.1, 0.15) is 29.8 Å². The number of carbonyl (C=O) groups is 1. The van der Waals surface area contributed by atoms with E-state index < -0.39 is 16.1 Å². The van der Waals surface area contributed by atoms with E-state index in [4.69, 9.17) is 9.47 Å². The number of sulfonamides is 1. The topological polar surface area (TPSA) is 108 Å². The number of likely N-dealkylation sites (N-methyl/N-ethyl adjacent to an activating group) is 1.